The third kappa shape index (κ3) is 2.79. The number of primary amides is 1. The van der Waals surface area contributed by atoms with Crippen molar-refractivity contribution < 1.29 is 4.79 Å². The zero-order valence-electron chi connectivity index (χ0n) is 7.66. The van der Waals surface area contributed by atoms with Crippen LogP contribution in [0.15, 0.2) is 24.3 Å². The fourth-order valence-corrected chi connectivity index (χ4v) is 1.05. The van der Waals surface area contributed by atoms with Crippen LogP contribution in [-0.2, 0) is 0 Å². The van der Waals surface area contributed by atoms with Gasteiger partial charge in [0.25, 0.3) is 0 Å². The number of carbonyl (C=O) groups is 1. The van der Waals surface area contributed by atoms with Gasteiger partial charge >= 0.3 is 0 Å². The highest BCUT2D eigenvalue weighted by Crippen LogP contribution is 2.09. The van der Waals surface area contributed by atoms with Crippen LogP contribution >= 0.6 is 0 Å². The Labute approximate surface area is 82.3 Å². The van der Waals surface area contributed by atoms with Crippen molar-refractivity contribution in [1.82, 2.24) is 0 Å². The predicted octanol–water partition coefficient (Wildman–Crippen LogP) is 1.11. The van der Waals surface area contributed by atoms with Crippen LogP contribution in [0.3, 0.4) is 0 Å². The molecule has 0 unspecified atom stereocenters. The Bertz CT molecular complexity index is 368. The van der Waals surface area contributed by atoms with Gasteiger partial charge in [0.2, 0.25) is 5.91 Å². The Hall–Kier alpha value is -2.02. The molecule has 0 bridgehead atoms. The quantitative estimate of drug-likeness (QED) is 0.696. The number of benzene rings is 1. The molecule has 0 fully saturated rings. The standard InChI is InChI=1S/C10H11N3O/c11-5-2-6-13-9-4-1-3-8(7-9)10(12)14/h1,3-4,7,13H,2,6H2,(H2,12,14). The van der Waals surface area contributed by atoms with E-state index in [2.05, 4.69) is 5.32 Å². The van der Waals surface area contributed by atoms with Crippen molar-refractivity contribution in [1.29, 1.82) is 5.26 Å². The van der Waals surface area contributed by atoms with E-state index in [0.29, 0.717) is 18.5 Å². The van der Waals surface area contributed by atoms with Gasteiger partial charge in [0, 0.05) is 17.8 Å². The lowest BCUT2D eigenvalue weighted by Crippen LogP contribution is -2.11. The molecule has 0 aliphatic rings. The fourth-order valence-electron chi connectivity index (χ4n) is 1.05. The summed E-state index contributed by atoms with van der Waals surface area (Å²) in [6.07, 6.45) is 0.431. The first-order valence-corrected chi connectivity index (χ1v) is 4.24. The molecule has 0 aliphatic heterocycles. The summed E-state index contributed by atoms with van der Waals surface area (Å²) in [5.41, 5.74) is 6.39. The molecule has 0 radical (unpaired) electrons. The lowest BCUT2D eigenvalue weighted by atomic mass is 10.2. The van der Waals surface area contributed by atoms with Crippen LogP contribution in [0.1, 0.15) is 16.8 Å². The second-order valence-electron chi connectivity index (χ2n) is 2.78. The molecule has 1 aromatic carbocycles. The van der Waals surface area contributed by atoms with Gasteiger partial charge in [0.1, 0.15) is 0 Å². The molecule has 1 amide bonds. The van der Waals surface area contributed by atoms with E-state index in [4.69, 9.17) is 11.0 Å². The molecule has 0 aliphatic carbocycles. The largest absolute Gasteiger partial charge is 0.384 e. The molecule has 14 heavy (non-hydrogen) atoms. The van der Waals surface area contributed by atoms with E-state index in [1.807, 2.05) is 12.1 Å². The third-order valence-corrected chi connectivity index (χ3v) is 1.71. The van der Waals surface area contributed by atoms with E-state index in [1.54, 1.807) is 18.2 Å². The highest BCUT2D eigenvalue weighted by Gasteiger charge is 1.99. The van der Waals surface area contributed by atoms with Gasteiger partial charge in [0.15, 0.2) is 0 Å². The average molecular weight is 189 g/mol. The van der Waals surface area contributed by atoms with E-state index >= 15 is 0 Å². The Kier molecular flexibility index (Phi) is 3.50. The van der Waals surface area contributed by atoms with Crippen molar-refractivity contribution in [2.75, 3.05) is 11.9 Å². The van der Waals surface area contributed by atoms with Crippen molar-refractivity contribution in [3.05, 3.63) is 29.8 Å². The van der Waals surface area contributed by atoms with Gasteiger partial charge in [-0.15, -0.1) is 0 Å². The molecule has 0 aromatic heterocycles. The van der Waals surface area contributed by atoms with Crippen molar-refractivity contribution in [3.8, 4) is 6.07 Å². The van der Waals surface area contributed by atoms with E-state index < -0.39 is 5.91 Å². The van der Waals surface area contributed by atoms with Gasteiger partial charge < -0.3 is 11.1 Å². The minimum absolute atomic E-state index is 0.431. The summed E-state index contributed by atoms with van der Waals surface area (Å²) in [6, 6.07) is 8.91. The number of carbonyl (C=O) groups excluding carboxylic acids is 1. The maximum atomic E-state index is 10.8. The molecule has 4 heteroatoms. The summed E-state index contributed by atoms with van der Waals surface area (Å²) < 4.78 is 0. The number of nitriles is 1. The SMILES string of the molecule is N#CCCNc1cccc(C(N)=O)c1. The van der Waals surface area contributed by atoms with E-state index in [-0.39, 0.29) is 0 Å². The normalized spacial score (nSPS) is 9.07. The minimum atomic E-state index is -0.450. The van der Waals surface area contributed by atoms with Gasteiger partial charge in [-0.2, -0.15) is 5.26 Å². The molecule has 0 spiro atoms. The molecular weight excluding hydrogens is 178 g/mol. The Morgan fingerprint density at radius 1 is 1.57 bits per heavy atom. The monoisotopic (exact) mass is 189 g/mol. The first kappa shape index (κ1) is 10.1. The van der Waals surface area contributed by atoms with E-state index in [0.717, 1.165) is 5.69 Å². The van der Waals surface area contributed by atoms with Crippen LogP contribution in [0.5, 0.6) is 0 Å². The molecule has 4 nitrogen and oxygen atoms in total. The molecule has 0 heterocycles. The molecule has 0 atom stereocenters. The Balaban J connectivity index is 2.65. The highest BCUT2D eigenvalue weighted by molar-refractivity contribution is 5.93. The van der Waals surface area contributed by atoms with E-state index in [1.165, 1.54) is 0 Å². The van der Waals surface area contributed by atoms with Crippen LogP contribution in [0.2, 0.25) is 0 Å². The maximum Gasteiger partial charge on any atom is 0.248 e. The summed E-state index contributed by atoms with van der Waals surface area (Å²) in [6.45, 7) is 0.568. The molecule has 0 saturated carbocycles. The fraction of sp³-hybridized carbons (Fsp3) is 0.200. The minimum Gasteiger partial charge on any atom is -0.384 e. The second kappa shape index (κ2) is 4.87. The Morgan fingerprint density at radius 2 is 2.36 bits per heavy atom. The predicted molar refractivity (Wildman–Crippen MR) is 53.7 cm³/mol. The molecule has 3 N–H and O–H groups in total. The summed E-state index contributed by atoms with van der Waals surface area (Å²) >= 11 is 0. The molecule has 1 rings (SSSR count). The van der Waals surface area contributed by atoms with Gasteiger partial charge in [-0.3, -0.25) is 4.79 Å². The van der Waals surface area contributed by atoms with Crippen molar-refractivity contribution in [3.63, 3.8) is 0 Å². The van der Waals surface area contributed by atoms with Crippen molar-refractivity contribution in [2.24, 2.45) is 5.73 Å². The van der Waals surface area contributed by atoms with Gasteiger partial charge in [-0.25, -0.2) is 0 Å². The number of amides is 1. The molecule has 72 valence electrons. The third-order valence-electron chi connectivity index (χ3n) is 1.71. The lowest BCUT2D eigenvalue weighted by molar-refractivity contribution is 0.100. The zero-order valence-corrected chi connectivity index (χ0v) is 7.66. The molecule has 1 aromatic rings. The number of nitrogens with two attached hydrogens (primary N) is 1. The summed E-state index contributed by atoms with van der Waals surface area (Å²) in [7, 11) is 0. The van der Waals surface area contributed by atoms with Crippen LogP contribution in [0.25, 0.3) is 0 Å². The van der Waals surface area contributed by atoms with E-state index in [9.17, 15) is 4.79 Å². The van der Waals surface area contributed by atoms with Crippen molar-refractivity contribution in [2.45, 2.75) is 6.42 Å². The number of nitrogens with zero attached hydrogens (tertiary/aromatic N) is 1. The molecule has 0 saturated heterocycles. The average Bonchev–Trinajstić information content (AvgIpc) is 2.19. The maximum absolute atomic E-state index is 10.8. The Morgan fingerprint density at radius 3 is 3.00 bits per heavy atom. The van der Waals surface area contributed by atoms with Gasteiger partial charge in [-0.1, -0.05) is 6.07 Å². The van der Waals surface area contributed by atoms with Gasteiger partial charge in [-0.05, 0) is 18.2 Å². The number of nitrogens with one attached hydrogen (secondary N) is 1. The van der Waals surface area contributed by atoms with Crippen LogP contribution in [0.4, 0.5) is 5.69 Å². The first-order valence-electron chi connectivity index (χ1n) is 4.24. The highest BCUT2D eigenvalue weighted by atomic mass is 16.1. The van der Waals surface area contributed by atoms with Crippen LogP contribution in [0, 0.1) is 11.3 Å². The number of hydrogen-bond donors (Lipinski definition) is 2. The summed E-state index contributed by atoms with van der Waals surface area (Å²) in [5.74, 6) is -0.450. The zero-order chi connectivity index (χ0) is 10.4. The topological polar surface area (TPSA) is 78.9 Å². The smallest absolute Gasteiger partial charge is 0.248 e. The van der Waals surface area contributed by atoms with Crippen molar-refractivity contribution >= 4 is 11.6 Å². The lowest BCUT2D eigenvalue weighted by Gasteiger charge is -2.04. The van der Waals surface area contributed by atoms with Crippen LogP contribution < -0.4 is 11.1 Å². The number of rotatable bonds is 4. The summed E-state index contributed by atoms with van der Waals surface area (Å²) in [5, 5.41) is 11.3. The molecular formula is C10H11N3O. The van der Waals surface area contributed by atoms with Crippen LogP contribution in [-0.4, -0.2) is 12.5 Å². The van der Waals surface area contributed by atoms with Gasteiger partial charge in [0.05, 0.1) is 12.5 Å². The number of hydrogen-bond acceptors (Lipinski definition) is 3. The summed E-state index contributed by atoms with van der Waals surface area (Å²) in [4.78, 5) is 10.8. The second-order valence-corrected chi connectivity index (χ2v) is 2.78. The number of anilines is 1. The first-order chi connectivity index (χ1) is 6.74.